The van der Waals surface area contributed by atoms with E-state index in [9.17, 15) is 4.39 Å². The number of piperidine rings is 1. The first-order valence-electron chi connectivity index (χ1n) is 9.00. The average molecular weight is 338 g/mol. The maximum Gasteiger partial charge on any atom is 0.149 e. The van der Waals surface area contributed by atoms with E-state index < -0.39 is 0 Å². The van der Waals surface area contributed by atoms with Crippen LogP contribution in [0.2, 0.25) is 0 Å². The first-order chi connectivity index (χ1) is 12.2. The minimum absolute atomic E-state index is 0.251. The molecule has 0 N–H and O–H groups in total. The number of fused-ring (bicyclic) bond motifs is 1. The third kappa shape index (κ3) is 2.88. The molecule has 130 valence electrons. The number of imidazole rings is 1. The summed E-state index contributed by atoms with van der Waals surface area (Å²) in [6.07, 6.45) is 7.17. The number of nitrogens with zero attached hydrogens (tertiary/aromatic N) is 4. The Labute approximate surface area is 147 Å². The van der Waals surface area contributed by atoms with Gasteiger partial charge in [0.2, 0.25) is 0 Å². The molecule has 1 unspecified atom stereocenters. The van der Waals surface area contributed by atoms with Gasteiger partial charge in [-0.05, 0) is 31.9 Å². The molecule has 1 aromatic carbocycles. The molecule has 0 bridgehead atoms. The van der Waals surface area contributed by atoms with Crippen LogP contribution in [0.3, 0.4) is 0 Å². The number of rotatable bonds is 3. The number of halogens is 1. The molecule has 4 nitrogen and oxygen atoms in total. The van der Waals surface area contributed by atoms with Gasteiger partial charge in [-0.15, -0.1) is 0 Å². The Morgan fingerprint density at radius 3 is 3.04 bits per heavy atom. The monoisotopic (exact) mass is 338 g/mol. The van der Waals surface area contributed by atoms with Gasteiger partial charge in [0.05, 0.1) is 6.04 Å². The molecule has 1 aliphatic heterocycles. The van der Waals surface area contributed by atoms with E-state index in [2.05, 4.69) is 38.6 Å². The number of anilines is 1. The maximum atomic E-state index is 14.2. The molecule has 2 aromatic heterocycles. The van der Waals surface area contributed by atoms with Crippen LogP contribution >= 0.6 is 0 Å². The van der Waals surface area contributed by atoms with E-state index in [4.69, 9.17) is 0 Å². The van der Waals surface area contributed by atoms with Crippen LogP contribution in [0.15, 0.2) is 36.7 Å². The number of hydrogen-bond acceptors (Lipinski definition) is 3. The van der Waals surface area contributed by atoms with Gasteiger partial charge in [-0.3, -0.25) is 0 Å². The third-order valence-electron chi connectivity index (χ3n) is 5.09. The summed E-state index contributed by atoms with van der Waals surface area (Å²) in [6.45, 7) is 5.98. The predicted octanol–water partition coefficient (Wildman–Crippen LogP) is 4.28. The first-order valence-corrected chi connectivity index (χ1v) is 9.00. The standard InChI is InChI=1S/C20H23FN4/c1-3-19-22-9-11-25(19)15-6-5-10-24(13-15)18-12-14(2)23-20-16(18)7-4-8-17(20)21/h4,7-9,11-12,15H,3,5-6,10,13H2,1-2H3. The van der Waals surface area contributed by atoms with Gasteiger partial charge in [-0.1, -0.05) is 19.1 Å². The van der Waals surface area contributed by atoms with E-state index in [1.165, 1.54) is 6.07 Å². The molecule has 1 aliphatic rings. The van der Waals surface area contributed by atoms with E-state index in [1.807, 2.05) is 19.2 Å². The van der Waals surface area contributed by atoms with Crippen LogP contribution in [0.4, 0.5) is 10.1 Å². The Morgan fingerprint density at radius 2 is 2.20 bits per heavy atom. The molecule has 25 heavy (non-hydrogen) atoms. The van der Waals surface area contributed by atoms with Crippen molar-refractivity contribution >= 4 is 16.6 Å². The van der Waals surface area contributed by atoms with Crippen molar-refractivity contribution in [2.24, 2.45) is 0 Å². The van der Waals surface area contributed by atoms with Crippen molar-refractivity contribution < 1.29 is 4.39 Å². The fourth-order valence-corrected chi connectivity index (χ4v) is 3.93. The lowest BCUT2D eigenvalue weighted by Gasteiger charge is -2.36. The second kappa shape index (κ2) is 6.47. The molecule has 3 heterocycles. The number of pyridine rings is 1. The Bertz CT molecular complexity index is 902. The van der Waals surface area contributed by atoms with Crippen molar-refractivity contribution in [3.63, 3.8) is 0 Å². The van der Waals surface area contributed by atoms with E-state index in [1.54, 1.807) is 6.07 Å². The van der Waals surface area contributed by atoms with Crippen molar-refractivity contribution in [2.75, 3.05) is 18.0 Å². The van der Waals surface area contributed by atoms with Crippen molar-refractivity contribution in [3.8, 4) is 0 Å². The van der Waals surface area contributed by atoms with E-state index in [-0.39, 0.29) is 5.82 Å². The molecule has 1 fully saturated rings. The Hall–Kier alpha value is -2.43. The normalized spacial score (nSPS) is 18.0. The van der Waals surface area contributed by atoms with Crippen LogP contribution in [0.5, 0.6) is 0 Å². The molecule has 1 saturated heterocycles. The zero-order valence-electron chi connectivity index (χ0n) is 14.7. The van der Waals surface area contributed by atoms with Crippen molar-refractivity contribution in [1.29, 1.82) is 0 Å². The summed E-state index contributed by atoms with van der Waals surface area (Å²) in [4.78, 5) is 11.3. The second-order valence-corrected chi connectivity index (χ2v) is 6.77. The number of benzene rings is 1. The number of para-hydroxylation sites is 1. The zero-order chi connectivity index (χ0) is 17.4. The summed E-state index contributed by atoms with van der Waals surface area (Å²) in [5, 5.41) is 0.896. The maximum absolute atomic E-state index is 14.2. The number of aromatic nitrogens is 3. The highest BCUT2D eigenvalue weighted by Gasteiger charge is 2.24. The molecule has 0 spiro atoms. The van der Waals surface area contributed by atoms with Crippen LogP contribution in [0, 0.1) is 12.7 Å². The molecule has 3 aromatic rings. The highest BCUT2D eigenvalue weighted by Crippen LogP contribution is 2.33. The molecule has 1 atom stereocenters. The molecule has 0 saturated carbocycles. The highest BCUT2D eigenvalue weighted by atomic mass is 19.1. The quantitative estimate of drug-likeness (QED) is 0.715. The third-order valence-corrected chi connectivity index (χ3v) is 5.09. The summed E-state index contributed by atoms with van der Waals surface area (Å²) in [6, 6.07) is 7.71. The SMILES string of the molecule is CCc1nccn1C1CCCN(c2cc(C)nc3c(F)cccc23)C1. The fourth-order valence-electron chi connectivity index (χ4n) is 3.93. The smallest absolute Gasteiger partial charge is 0.149 e. The predicted molar refractivity (Wildman–Crippen MR) is 98.5 cm³/mol. The Kier molecular flexibility index (Phi) is 4.15. The number of aryl methyl sites for hydroxylation is 2. The zero-order valence-corrected chi connectivity index (χ0v) is 14.7. The van der Waals surface area contributed by atoms with Crippen LogP contribution in [0.25, 0.3) is 10.9 Å². The minimum atomic E-state index is -0.251. The van der Waals surface area contributed by atoms with Crippen molar-refractivity contribution in [2.45, 2.75) is 39.2 Å². The van der Waals surface area contributed by atoms with Gasteiger partial charge in [0.15, 0.2) is 0 Å². The highest BCUT2D eigenvalue weighted by molar-refractivity contribution is 5.92. The van der Waals surface area contributed by atoms with Gasteiger partial charge >= 0.3 is 0 Å². The Balaban J connectivity index is 1.72. The fraction of sp³-hybridized carbons (Fsp3) is 0.400. The van der Waals surface area contributed by atoms with Crippen molar-refractivity contribution in [3.05, 3.63) is 54.0 Å². The van der Waals surface area contributed by atoms with Gasteiger partial charge in [-0.25, -0.2) is 14.4 Å². The molecule has 0 amide bonds. The van der Waals surface area contributed by atoms with Crippen LogP contribution in [-0.4, -0.2) is 27.6 Å². The summed E-state index contributed by atoms with van der Waals surface area (Å²) >= 11 is 0. The van der Waals surface area contributed by atoms with Crippen LogP contribution in [-0.2, 0) is 6.42 Å². The topological polar surface area (TPSA) is 34.0 Å². The average Bonchev–Trinajstić information content (AvgIpc) is 3.11. The first kappa shape index (κ1) is 16.1. The largest absolute Gasteiger partial charge is 0.369 e. The van der Waals surface area contributed by atoms with Crippen LogP contribution in [0.1, 0.15) is 37.3 Å². The summed E-state index contributed by atoms with van der Waals surface area (Å²) < 4.78 is 16.5. The van der Waals surface area contributed by atoms with Gasteiger partial charge in [-0.2, -0.15) is 0 Å². The van der Waals surface area contributed by atoms with Gasteiger partial charge in [0.25, 0.3) is 0 Å². The lowest BCUT2D eigenvalue weighted by Crippen LogP contribution is -2.37. The summed E-state index contributed by atoms with van der Waals surface area (Å²) in [7, 11) is 0. The summed E-state index contributed by atoms with van der Waals surface area (Å²) in [5.41, 5.74) is 2.41. The van der Waals surface area contributed by atoms with Crippen LogP contribution < -0.4 is 4.90 Å². The second-order valence-electron chi connectivity index (χ2n) is 6.77. The van der Waals surface area contributed by atoms with Crippen molar-refractivity contribution in [1.82, 2.24) is 14.5 Å². The molecule has 4 rings (SSSR count). The molecule has 0 radical (unpaired) electrons. The summed E-state index contributed by atoms with van der Waals surface area (Å²) in [5.74, 6) is 0.882. The Morgan fingerprint density at radius 1 is 1.32 bits per heavy atom. The lowest BCUT2D eigenvalue weighted by atomic mass is 10.0. The molecule has 5 heteroatoms. The van der Waals surface area contributed by atoms with E-state index >= 15 is 0 Å². The molecule has 0 aliphatic carbocycles. The molecular formula is C20H23FN4. The lowest BCUT2D eigenvalue weighted by molar-refractivity contribution is 0.396. The van der Waals surface area contributed by atoms with E-state index in [0.29, 0.717) is 11.6 Å². The van der Waals surface area contributed by atoms with Gasteiger partial charge < -0.3 is 9.47 Å². The van der Waals surface area contributed by atoms with Gasteiger partial charge in [0, 0.05) is 48.7 Å². The minimum Gasteiger partial charge on any atom is -0.369 e. The van der Waals surface area contributed by atoms with E-state index in [0.717, 1.165) is 54.9 Å². The number of hydrogen-bond donors (Lipinski definition) is 0. The van der Waals surface area contributed by atoms with Gasteiger partial charge in [0.1, 0.15) is 17.2 Å². The molecular weight excluding hydrogens is 315 g/mol.